The lowest BCUT2D eigenvalue weighted by molar-refractivity contribution is 0.0313. The molecule has 1 amide bonds. The average Bonchev–Trinajstić information content (AvgIpc) is 3.09. The summed E-state index contributed by atoms with van der Waals surface area (Å²) in [6.07, 6.45) is 2.43. The number of carbonyl (C=O) groups excluding carboxylic acids is 2. The highest BCUT2D eigenvalue weighted by molar-refractivity contribution is 7.91. The number of hydrogen-bond acceptors (Lipinski definition) is 6. The number of piperazine rings is 1. The molecule has 0 bridgehead atoms. The molecule has 25 heavy (non-hydrogen) atoms. The molecule has 8 nitrogen and oxygen atoms in total. The van der Waals surface area contributed by atoms with Crippen molar-refractivity contribution in [2.75, 3.05) is 31.1 Å². The van der Waals surface area contributed by atoms with E-state index in [1.165, 1.54) is 25.8 Å². The topological polar surface area (TPSA) is 103 Å². The molecule has 0 aromatic carbocycles. The van der Waals surface area contributed by atoms with Gasteiger partial charge >= 0.3 is 0 Å². The molecule has 1 aromatic heterocycles. The summed E-state index contributed by atoms with van der Waals surface area (Å²) in [7, 11) is -3.15. The number of aromatic nitrogens is 2. The first-order valence-electron chi connectivity index (χ1n) is 8.66. The molecule has 1 aliphatic carbocycles. The third-order valence-corrected chi connectivity index (χ3v) is 7.11. The van der Waals surface area contributed by atoms with Crippen LogP contribution in [0.15, 0.2) is 6.07 Å². The number of amides is 1. The van der Waals surface area contributed by atoms with Crippen molar-refractivity contribution < 1.29 is 18.0 Å². The molecule has 3 aliphatic rings. The molecule has 0 unspecified atom stereocenters. The summed E-state index contributed by atoms with van der Waals surface area (Å²) >= 11 is 0. The predicted octanol–water partition coefficient (Wildman–Crippen LogP) is -0.0543. The van der Waals surface area contributed by atoms with E-state index < -0.39 is 9.84 Å². The summed E-state index contributed by atoms with van der Waals surface area (Å²) in [5.74, 6) is 0.315. The van der Waals surface area contributed by atoms with Crippen molar-refractivity contribution in [3.63, 3.8) is 0 Å². The maximum Gasteiger partial charge on any atom is 0.272 e. The van der Waals surface area contributed by atoms with E-state index in [1.807, 2.05) is 0 Å². The molecule has 4 rings (SSSR count). The fraction of sp³-hybridized carbons (Fsp3) is 0.688. The fourth-order valence-corrected chi connectivity index (χ4v) is 5.91. The van der Waals surface area contributed by atoms with Crippen molar-refractivity contribution in [2.24, 2.45) is 5.92 Å². The second-order valence-electron chi connectivity index (χ2n) is 7.37. The van der Waals surface area contributed by atoms with Crippen LogP contribution in [0.2, 0.25) is 0 Å². The molecule has 1 aromatic rings. The largest absolute Gasteiger partial charge is 0.330 e. The number of aromatic amines is 1. The molecule has 2 aliphatic heterocycles. The zero-order valence-corrected chi connectivity index (χ0v) is 15.0. The Labute approximate surface area is 146 Å². The van der Waals surface area contributed by atoms with Gasteiger partial charge in [0.2, 0.25) is 0 Å². The highest BCUT2D eigenvalue weighted by Crippen LogP contribution is 2.34. The Bertz CT molecular complexity index is 814. The molecule has 136 valence electrons. The van der Waals surface area contributed by atoms with Gasteiger partial charge in [0.25, 0.3) is 5.91 Å². The third kappa shape index (κ3) is 3.22. The number of hydrogen-bond donors (Lipinski definition) is 1. The van der Waals surface area contributed by atoms with Gasteiger partial charge in [0.15, 0.2) is 15.6 Å². The number of fused-ring (bicyclic) bond motifs is 1. The number of rotatable bonds is 4. The van der Waals surface area contributed by atoms with Crippen LogP contribution in [-0.4, -0.2) is 83.3 Å². The summed E-state index contributed by atoms with van der Waals surface area (Å²) in [6.45, 7) is 3.50. The van der Waals surface area contributed by atoms with E-state index in [0.717, 1.165) is 6.54 Å². The van der Waals surface area contributed by atoms with Gasteiger partial charge in [0, 0.05) is 32.6 Å². The SMILES string of the molecule is CC(=O)c1cc(C(=O)N2CCN(CC3CC3)[C@@H]3CS(=O)(=O)C[C@@H]32)[nH]n1. The Hall–Kier alpha value is -1.74. The molecule has 1 N–H and O–H groups in total. The fourth-order valence-electron chi connectivity index (χ4n) is 3.90. The number of ketones is 1. The number of H-pyrrole nitrogens is 1. The number of nitrogens with one attached hydrogen (secondary N) is 1. The van der Waals surface area contributed by atoms with Gasteiger partial charge in [-0.2, -0.15) is 5.10 Å². The lowest BCUT2D eigenvalue weighted by atomic mass is 10.0. The van der Waals surface area contributed by atoms with E-state index in [1.54, 1.807) is 4.90 Å². The highest BCUT2D eigenvalue weighted by Gasteiger charge is 2.49. The van der Waals surface area contributed by atoms with E-state index >= 15 is 0 Å². The standard InChI is InChI=1S/C16H22N4O4S/c1-10(21)12-6-13(18-17-12)16(22)20-5-4-19(7-11-2-3-11)14-8-25(23,24)9-15(14)20/h6,11,14-15H,2-5,7-9H2,1H3,(H,17,18)/t14-,15+/m1/s1. The van der Waals surface area contributed by atoms with Crippen LogP contribution >= 0.6 is 0 Å². The Morgan fingerprint density at radius 2 is 1.96 bits per heavy atom. The maximum absolute atomic E-state index is 12.9. The van der Waals surface area contributed by atoms with E-state index in [4.69, 9.17) is 0 Å². The summed E-state index contributed by atoms with van der Waals surface area (Å²) < 4.78 is 24.4. The molecule has 9 heteroatoms. The van der Waals surface area contributed by atoms with Crippen LogP contribution < -0.4 is 0 Å². The molecule has 0 spiro atoms. The van der Waals surface area contributed by atoms with Crippen molar-refractivity contribution in [2.45, 2.75) is 31.8 Å². The minimum absolute atomic E-state index is 0.0122. The first kappa shape index (κ1) is 16.7. The Morgan fingerprint density at radius 1 is 1.24 bits per heavy atom. The van der Waals surface area contributed by atoms with Gasteiger partial charge in [0.05, 0.1) is 17.5 Å². The molecular formula is C16H22N4O4S. The number of Topliss-reactive ketones (excluding diaryl/α,β-unsaturated/α-hetero) is 1. The van der Waals surface area contributed by atoms with Crippen molar-refractivity contribution in [3.05, 3.63) is 17.5 Å². The smallest absolute Gasteiger partial charge is 0.272 e. The third-order valence-electron chi connectivity index (χ3n) is 5.41. The monoisotopic (exact) mass is 366 g/mol. The average molecular weight is 366 g/mol. The normalized spacial score (nSPS) is 28.8. The van der Waals surface area contributed by atoms with Crippen molar-refractivity contribution in [1.82, 2.24) is 20.0 Å². The molecule has 0 radical (unpaired) electrons. The summed E-state index contributed by atoms with van der Waals surface area (Å²) in [5.41, 5.74) is 0.454. The van der Waals surface area contributed by atoms with E-state index in [9.17, 15) is 18.0 Å². The van der Waals surface area contributed by atoms with Crippen LogP contribution in [-0.2, 0) is 9.84 Å². The lowest BCUT2D eigenvalue weighted by Gasteiger charge is -2.43. The van der Waals surface area contributed by atoms with Crippen LogP contribution in [0.5, 0.6) is 0 Å². The molecule has 3 heterocycles. The summed E-state index contributed by atoms with van der Waals surface area (Å²) in [6, 6.07) is 0.993. The van der Waals surface area contributed by atoms with Crippen molar-refractivity contribution in [3.8, 4) is 0 Å². The zero-order chi connectivity index (χ0) is 17.8. The van der Waals surface area contributed by atoms with Crippen LogP contribution in [0.25, 0.3) is 0 Å². The van der Waals surface area contributed by atoms with Crippen LogP contribution in [0, 0.1) is 5.92 Å². The number of nitrogens with zero attached hydrogens (tertiary/aromatic N) is 3. The van der Waals surface area contributed by atoms with Gasteiger partial charge in [-0.3, -0.25) is 19.6 Å². The van der Waals surface area contributed by atoms with Gasteiger partial charge in [-0.1, -0.05) is 0 Å². The first-order chi connectivity index (χ1) is 11.8. The predicted molar refractivity (Wildman–Crippen MR) is 90.2 cm³/mol. The molecular weight excluding hydrogens is 344 g/mol. The Morgan fingerprint density at radius 3 is 2.60 bits per heavy atom. The first-order valence-corrected chi connectivity index (χ1v) is 10.5. The van der Waals surface area contributed by atoms with Crippen LogP contribution in [0.4, 0.5) is 0 Å². The van der Waals surface area contributed by atoms with Gasteiger partial charge in [-0.25, -0.2) is 8.42 Å². The minimum atomic E-state index is -3.15. The molecule has 2 saturated heterocycles. The number of sulfone groups is 1. The van der Waals surface area contributed by atoms with Gasteiger partial charge < -0.3 is 4.90 Å². The summed E-state index contributed by atoms with van der Waals surface area (Å²) in [5, 5.41) is 6.47. The highest BCUT2D eigenvalue weighted by atomic mass is 32.2. The van der Waals surface area contributed by atoms with Gasteiger partial charge in [-0.15, -0.1) is 0 Å². The second kappa shape index (κ2) is 5.91. The van der Waals surface area contributed by atoms with Gasteiger partial charge in [-0.05, 0) is 24.8 Å². The molecule has 2 atom stereocenters. The van der Waals surface area contributed by atoms with Crippen molar-refractivity contribution in [1.29, 1.82) is 0 Å². The van der Waals surface area contributed by atoms with Gasteiger partial charge in [0.1, 0.15) is 11.4 Å². The Kier molecular flexibility index (Phi) is 3.95. The maximum atomic E-state index is 12.9. The minimum Gasteiger partial charge on any atom is -0.330 e. The van der Waals surface area contributed by atoms with E-state index in [2.05, 4.69) is 15.1 Å². The summed E-state index contributed by atoms with van der Waals surface area (Å²) in [4.78, 5) is 28.1. The quantitative estimate of drug-likeness (QED) is 0.749. The van der Waals surface area contributed by atoms with E-state index in [-0.39, 0.29) is 46.7 Å². The van der Waals surface area contributed by atoms with Crippen LogP contribution in [0.3, 0.4) is 0 Å². The Balaban J connectivity index is 1.57. The molecule has 3 fully saturated rings. The zero-order valence-electron chi connectivity index (χ0n) is 14.1. The van der Waals surface area contributed by atoms with E-state index in [0.29, 0.717) is 19.0 Å². The second-order valence-corrected chi connectivity index (χ2v) is 9.53. The van der Waals surface area contributed by atoms with Crippen molar-refractivity contribution >= 4 is 21.5 Å². The van der Waals surface area contributed by atoms with Crippen LogP contribution in [0.1, 0.15) is 40.7 Å². The molecule has 1 saturated carbocycles. The number of carbonyl (C=O) groups is 2. The lowest BCUT2D eigenvalue weighted by Crippen LogP contribution is -2.60.